The van der Waals surface area contributed by atoms with Crippen molar-refractivity contribution in [3.8, 4) is 11.5 Å². The highest BCUT2D eigenvalue weighted by atomic mass is 35.5. The van der Waals surface area contributed by atoms with Gasteiger partial charge in [0.15, 0.2) is 22.9 Å². The van der Waals surface area contributed by atoms with E-state index in [1.807, 2.05) is 36.4 Å². The van der Waals surface area contributed by atoms with Crippen LogP contribution in [0.15, 0.2) is 23.0 Å². The number of imidazole rings is 1. The molecule has 11 heteroatoms. The number of hydrogen-bond donors (Lipinski definition) is 1. The summed E-state index contributed by atoms with van der Waals surface area (Å²) in [6.45, 7) is 4.20. The van der Waals surface area contributed by atoms with Gasteiger partial charge in [-0.3, -0.25) is 19.7 Å². The standard InChI is InChI=1S/C23H22ClN5O5/c1-10-9-29-18-12(6-13-17(21-25-4-5-28(21)3)27-34-19(13)16(18)24)8-23(20(29)11(2)33-10)14(30)7-15(31)26-22(23)32/h4-6,10-11,20H,7-9H2,1-3H3,(H,26,31,32)/t10-,11+,20-,23?/m1/s1. The summed E-state index contributed by atoms with van der Waals surface area (Å²) < 4.78 is 13.6. The fourth-order valence-electron chi connectivity index (χ4n) is 5.90. The fourth-order valence-corrected chi connectivity index (χ4v) is 6.27. The van der Waals surface area contributed by atoms with Crippen LogP contribution < -0.4 is 10.2 Å². The largest absolute Gasteiger partial charge is 0.372 e. The Morgan fingerprint density at radius 1 is 1.26 bits per heavy atom. The van der Waals surface area contributed by atoms with Crippen LogP contribution in [0.3, 0.4) is 0 Å². The van der Waals surface area contributed by atoms with Crippen LogP contribution in [0.5, 0.6) is 0 Å². The number of carbonyl (C=O) groups excluding carboxylic acids is 3. The number of amides is 2. The number of hydrogen-bond acceptors (Lipinski definition) is 8. The van der Waals surface area contributed by atoms with E-state index in [-0.39, 0.29) is 18.9 Å². The Labute approximate surface area is 199 Å². The second kappa shape index (κ2) is 7.13. The van der Waals surface area contributed by atoms with E-state index in [1.54, 1.807) is 12.4 Å². The molecule has 1 unspecified atom stereocenters. The zero-order chi connectivity index (χ0) is 23.9. The van der Waals surface area contributed by atoms with Gasteiger partial charge in [0, 0.05) is 26.0 Å². The van der Waals surface area contributed by atoms with E-state index in [1.165, 1.54) is 0 Å². The molecule has 2 aromatic heterocycles. The number of aromatic nitrogens is 3. The number of fused-ring (bicyclic) bond motifs is 5. The Bertz CT molecular complexity index is 1370. The van der Waals surface area contributed by atoms with E-state index in [0.717, 1.165) is 0 Å². The van der Waals surface area contributed by atoms with Crippen molar-refractivity contribution in [2.24, 2.45) is 12.5 Å². The van der Waals surface area contributed by atoms with Gasteiger partial charge in [0.25, 0.3) is 0 Å². The van der Waals surface area contributed by atoms with Crippen molar-refractivity contribution in [3.05, 3.63) is 29.0 Å². The fraction of sp³-hybridized carbons (Fsp3) is 0.435. The highest BCUT2D eigenvalue weighted by Crippen LogP contribution is 2.52. The van der Waals surface area contributed by atoms with Crippen molar-refractivity contribution >= 4 is 45.9 Å². The molecule has 2 amide bonds. The van der Waals surface area contributed by atoms with Crippen molar-refractivity contribution in [2.45, 2.75) is 44.9 Å². The van der Waals surface area contributed by atoms with Crippen molar-refractivity contribution in [1.29, 1.82) is 0 Å². The summed E-state index contributed by atoms with van der Waals surface area (Å²) in [6.07, 6.45) is 2.58. The lowest BCUT2D eigenvalue weighted by atomic mass is 9.63. The van der Waals surface area contributed by atoms with Crippen LogP contribution in [0.25, 0.3) is 22.5 Å². The molecule has 3 aliphatic heterocycles. The van der Waals surface area contributed by atoms with Gasteiger partial charge >= 0.3 is 0 Å². The second-order valence-corrected chi connectivity index (χ2v) is 9.72. The van der Waals surface area contributed by atoms with Gasteiger partial charge in [0.05, 0.1) is 35.7 Å². The third-order valence-electron chi connectivity index (χ3n) is 7.21. The number of benzene rings is 1. The first-order valence-electron chi connectivity index (χ1n) is 11.1. The summed E-state index contributed by atoms with van der Waals surface area (Å²) in [7, 11) is 1.85. The summed E-state index contributed by atoms with van der Waals surface area (Å²) in [6, 6.07) is 1.25. The maximum atomic E-state index is 13.4. The Morgan fingerprint density at radius 2 is 2.06 bits per heavy atom. The number of ether oxygens (including phenoxy) is 1. The molecule has 6 rings (SSSR count). The van der Waals surface area contributed by atoms with Crippen molar-refractivity contribution in [2.75, 3.05) is 11.4 Å². The zero-order valence-corrected chi connectivity index (χ0v) is 19.5. The molecular weight excluding hydrogens is 462 g/mol. The van der Waals surface area contributed by atoms with Gasteiger partial charge < -0.3 is 18.7 Å². The molecule has 0 saturated carbocycles. The SMILES string of the molecule is C[C@@H]1CN2c3c(cc4c(-c5nccn5C)noc4c3Cl)CC3(C(=O)CC(=O)NC3=O)[C@H]2[C@H](C)O1. The molecule has 0 radical (unpaired) electrons. The van der Waals surface area contributed by atoms with Gasteiger partial charge in [-0.15, -0.1) is 0 Å². The average Bonchev–Trinajstić information content (AvgIpc) is 3.37. The van der Waals surface area contributed by atoms with Gasteiger partial charge in [-0.2, -0.15) is 0 Å². The number of nitrogens with zero attached hydrogens (tertiary/aromatic N) is 4. The highest BCUT2D eigenvalue weighted by molar-refractivity contribution is 6.38. The number of morpholine rings is 1. The minimum absolute atomic E-state index is 0.0877. The number of imide groups is 1. The van der Waals surface area contributed by atoms with Crippen LogP contribution in [0.4, 0.5) is 5.69 Å². The van der Waals surface area contributed by atoms with E-state index in [9.17, 15) is 14.4 Å². The van der Waals surface area contributed by atoms with Crippen molar-refractivity contribution in [3.63, 3.8) is 0 Å². The normalized spacial score (nSPS) is 28.9. The molecule has 2 saturated heterocycles. The molecular formula is C23H22ClN5O5. The molecule has 176 valence electrons. The van der Waals surface area contributed by atoms with Gasteiger partial charge in [-0.05, 0) is 31.9 Å². The van der Waals surface area contributed by atoms with E-state index in [0.29, 0.717) is 45.3 Å². The number of carbonyl (C=O) groups is 3. The number of rotatable bonds is 1. The van der Waals surface area contributed by atoms with Crippen molar-refractivity contribution in [1.82, 2.24) is 20.0 Å². The first-order chi connectivity index (χ1) is 16.2. The first kappa shape index (κ1) is 21.3. The molecule has 1 spiro atoms. The first-order valence-corrected chi connectivity index (χ1v) is 11.5. The topological polar surface area (TPSA) is 120 Å². The van der Waals surface area contributed by atoms with Crippen LogP contribution in [0.1, 0.15) is 25.8 Å². The Balaban J connectivity index is 1.61. The monoisotopic (exact) mass is 483 g/mol. The molecule has 3 aromatic rings. The third-order valence-corrected chi connectivity index (χ3v) is 7.56. The van der Waals surface area contributed by atoms with Gasteiger partial charge in [-0.1, -0.05) is 16.8 Å². The van der Waals surface area contributed by atoms with Crippen LogP contribution in [0.2, 0.25) is 5.02 Å². The predicted octanol–water partition coefficient (Wildman–Crippen LogP) is 2.02. The molecule has 2 fully saturated rings. The minimum Gasteiger partial charge on any atom is -0.372 e. The van der Waals surface area contributed by atoms with E-state index >= 15 is 0 Å². The number of piperidine rings is 1. The molecule has 5 heterocycles. The molecule has 1 aromatic carbocycles. The van der Waals surface area contributed by atoms with Crippen LogP contribution in [-0.2, 0) is 32.6 Å². The van der Waals surface area contributed by atoms with E-state index in [2.05, 4.69) is 15.5 Å². The van der Waals surface area contributed by atoms with Crippen LogP contribution in [0, 0.1) is 5.41 Å². The average molecular weight is 484 g/mol. The predicted molar refractivity (Wildman–Crippen MR) is 121 cm³/mol. The smallest absolute Gasteiger partial charge is 0.242 e. The molecule has 0 aliphatic carbocycles. The van der Waals surface area contributed by atoms with E-state index < -0.39 is 35.2 Å². The summed E-state index contributed by atoms with van der Waals surface area (Å²) in [5.74, 6) is -0.979. The van der Waals surface area contributed by atoms with Gasteiger partial charge in [-0.25, -0.2) is 4.98 Å². The lowest BCUT2D eigenvalue weighted by molar-refractivity contribution is -0.158. The number of ketones is 1. The van der Waals surface area contributed by atoms with Crippen LogP contribution in [-0.4, -0.2) is 57.1 Å². The highest BCUT2D eigenvalue weighted by Gasteiger charge is 2.62. The van der Waals surface area contributed by atoms with Gasteiger partial charge in [0.1, 0.15) is 10.4 Å². The molecule has 3 aliphatic rings. The number of aryl methyl sites for hydroxylation is 1. The lowest BCUT2D eigenvalue weighted by Gasteiger charge is -2.55. The Morgan fingerprint density at radius 3 is 2.76 bits per heavy atom. The number of Topliss-reactive ketones (excluding diaryl/α,β-unsaturated/α-hetero) is 1. The number of anilines is 1. The van der Waals surface area contributed by atoms with Crippen LogP contribution >= 0.6 is 11.6 Å². The Kier molecular flexibility index (Phi) is 4.47. The number of nitrogens with one attached hydrogen (secondary N) is 1. The summed E-state index contributed by atoms with van der Waals surface area (Å²) in [4.78, 5) is 45.2. The molecule has 34 heavy (non-hydrogen) atoms. The maximum absolute atomic E-state index is 13.4. The van der Waals surface area contributed by atoms with Gasteiger partial charge in [0.2, 0.25) is 11.8 Å². The van der Waals surface area contributed by atoms with E-state index in [4.69, 9.17) is 20.9 Å². The summed E-state index contributed by atoms with van der Waals surface area (Å²) in [5.41, 5.74) is 0.868. The zero-order valence-electron chi connectivity index (χ0n) is 18.8. The lowest BCUT2D eigenvalue weighted by Crippen LogP contribution is -2.72. The summed E-state index contributed by atoms with van der Waals surface area (Å²) in [5, 5.41) is 7.63. The minimum atomic E-state index is -1.47. The van der Waals surface area contributed by atoms with Crippen molar-refractivity contribution < 1.29 is 23.6 Å². The third kappa shape index (κ3) is 2.69. The molecule has 1 N–H and O–H groups in total. The molecule has 4 atom stereocenters. The molecule has 0 bridgehead atoms. The number of halogens is 1. The quantitative estimate of drug-likeness (QED) is 0.412. The molecule has 10 nitrogen and oxygen atoms in total. The maximum Gasteiger partial charge on any atom is 0.242 e. The summed E-state index contributed by atoms with van der Waals surface area (Å²) >= 11 is 6.93. The second-order valence-electron chi connectivity index (χ2n) is 9.34. The Hall–Kier alpha value is -3.24.